The molecule has 30 heavy (non-hydrogen) atoms. The molecule has 0 saturated heterocycles. The summed E-state index contributed by atoms with van der Waals surface area (Å²) in [6.45, 7) is -0.110. The number of pyridine rings is 1. The van der Waals surface area contributed by atoms with E-state index in [1.165, 1.54) is 10.9 Å². The van der Waals surface area contributed by atoms with Gasteiger partial charge in [-0.15, -0.1) is 0 Å². The summed E-state index contributed by atoms with van der Waals surface area (Å²) in [5.74, 6) is -0.215. The molecule has 1 amide bonds. The Morgan fingerprint density at radius 1 is 1.07 bits per heavy atom. The third kappa shape index (κ3) is 4.02. The van der Waals surface area contributed by atoms with Crippen LogP contribution in [-0.2, 0) is 11.3 Å². The summed E-state index contributed by atoms with van der Waals surface area (Å²) in [7, 11) is 1.73. The summed E-state index contributed by atoms with van der Waals surface area (Å²) in [4.78, 5) is 36.4. The van der Waals surface area contributed by atoms with Gasteiger partial charge in [-0.2, -0.15) is 0 Å². The zero-order valence-corrected chi connectivity index (χ0v) is 17.9. The highest BCUT2D eigenvalue weighted by Gasteiger charge is 2.25. The first-order chi connectivity index (χ1) is 14.5. The highest BCUT2D eigenvalue weighted by molar-refractivity contribution is 9.10. The predicted molar refractivity (Wildman–Crippen MR) is 119 cm³/mol. The molecule has 2 heterocycles. The third-order valence-corrected chi connectivity index (χ3v) is 5.45. The third-order valence-electron chi connectivity index (χ3n) is 4.96. The van der Waals surface area contributed by atoms with Gasteiger partial charge in [-0.3, -0.25) is 19.1 Å². The van der Waals surface area contributed by atoms with Crippen LogP contribution in [0.1, 0.15) is 17.3 Å². The summed E-state index contributed by atoms with van der Waals surface area (Å²) in [6, 6.07) is 20.3. The molecule has 0 saturated carbocycles. The molecule has 2 aromatic carbocycles. The Balaban J connectivity index is 1.67. The van der Waals surface area contributed by atoms with Gasteiger partial charge in [0.05, 0.1) is 29.0 Å². The number of halogens is 1. The quantitative estimate of drug-likeness (QED) is 0.452. The van der Waals surface area contributed by atoms with Crippen LogP contribution in [0.15, 0.2) is 88.5 Å². The zero-order valence-electron chi connectivity index (χ0n) is 16.3. The maximum Gasteiger partial charge on any atom is 0.261 e. The molecule has 1 atom stereocenters. The number of carbonyl (C=O) groups is 1. The van der Waals surface area contributed by atoms with Crippen molar-refractivity contribution in [3.8, 4) is 0 Å². The van der Waals surface area contributed by atoms with E-state index in [-0.39, 0.29) is 24.1 Å². The van der Waals surface area contributed by atoms with Crippen molar-refractivity contribution in [3.63, 3.8) is 0 Å². The van der Waals surface area contributed by atoms with Gasteiger partial charge in [0.2, 0.25) is 5.91 Å². The fourth-order valence-electron chi connectivity index (χ4n) is 3.41. The second kappa shape index (κ2) is 8.59. The Kier molecular flexibility index (Phi) is 5.72. The van der Waals surface area contributed by atoms with E-state index in [9.17, 15) is 9.59 Å². The van der Waals surface area contributed by atoms with Crippen molar-refractivity contribution in [1.82, 2.24) is 19.4 Å². The molecule has 6 nitrogen and oxygen atoms in total. The van der Waals surface area contributed by atoms with Crippen LogP contribution in [0.2, 0.25) is 0 Å². The molecule has 0 aliphatic heterocycles. The van der Waals surface area contributed by atoms with Gasteiger partial charge in [-0.25, -0.2) is 4.98 Å². The lowest BCUT2D eigenvalue weighted by Crippen LogP contribution is -2.37. The fraction of sp³-hybridized carbons (Fsp3) is 0.130. The van der Waals surface area contributed by atoms with Crippen molar-refractivity contribution in [2.24, 2.45) is 0 Å². The number of hydrogen-bond acceptors (Lipinski definition) is 4. The minimum atomic E-state index is -0.363. The Labute approximate surface area is 182 Å². The molecule has 0 N–H and O–H groups in total. The van der Waals surface area contributed by atoms with Gasteiger partial charge in [0.1, 0.15) is 6.54 Å². The van der Waals surface area contributed by atoms with E-state index in [0.717, 1.165) is 15.7 Å². The maximum atomic E-state index is 13.2. The second-order valence-electron chi connectivity index (χ2n) is 6.91. The molecule has 0 spiro atoms. The number of hydrogen-bond donors (Lipinski definition) is 0. The Hall–Kier alpha value is -3.32. The summed E-state index contributed by atoms with van der Waals surface area (Å²) >= 11 is 3.38. The molecular weight excluding hydrogens is 444 g/mol. The average Bonchev–Trinajstić information content (AvgIpc) is 2.77. The number of benzene rings is 2. The van der Waals surface area contributed by atoms with Gasteiger partial charge in [-0.05, 0) is 35.9 Å². The van der Waals surface area contributed by atoms with Gasteiger partial charge in [-0.1, -0.05) is 52.3 Å². The molecule has 150 valence electrons. The van der Waals surface area contributed by atoms with Gasteiger partial charge >= 0.3 is 0 Å². The SMILES string of the molecule is CN(C(=O)Cn1cnc2ccc(Br)cc2c1=O)C(c1ccccc1)c1ccccn1. The first-order valence-corrected chi connectivity index (χ1v) is 10.2. The fourth-order valence-corrected chi connectivity index (χ4v) is 3.77. The normalized spacial score (nSPS) is 11.9. The van der Waals surface area contributed by atoms with Crippen LogP contribution in [0.25, 0.3) is 10.9 Å². The lowest BCUT2D eigenvalue weighted by molar-refractivity contribution is -0.132. The van der Waals surface area contributed by atoms with Crippen molar-refractivity contribution >= 4 is 32.7 Å². The van der Waals surface area contributed by atoms with Crippen LogP contribution in [-0.4, -0.2) is 32.4 Å². The highest BCUT2D eigenvalue weighted by atomic mass is 79.9. The smallest absolute Gasteiger partial charge is 0.261 e. The van der Waals surface area contributed by atoms with Crippen molar-refractivity contribution in [3.05, 3.63) is 105 Å². The van der Waals surface area contributed by atoms with E-state index in [1.807, 2.05) is 54.6 Å². The van der Waals surface area contributed by atoms with E-state index >= 15 is 0 Å². The van der Waals surface area contributed by atoms with Crippen LogP contribution in [0, 0.1) is 0 Å². The second-order valence-corrected chi connectivity index (χ2v) is 7.83. The first-order valence-electron chi connectivity index (χ1n) is 9.41. The van der Waals surface area contributed by atoms with Gasteiger partial charge in [0.25, 0.3) is 5.56 Å². The molecule has 1 unspecified atom stereocenters. The zero-order chi connectivity index (χ0) is 21.1. The number of rotatable bonds is 5. The standard InChI is InChI=1S/C23H19BrN4O2/c1-27(22(16-7-3-2-4-8-16)20-9-5-6-12-25-20)21(29)14-28-15-26-19-11-10-17(24)13-18(19)23(28)30/h2-13,15,22H,14H2,1H3. The average molecular weight is 463 g/mol. The van der Waals surface area contributed by atoms with Crippen molar-refractivity contribution in [2.75, 3.05) is 7.05 Å². The Morgan fingerprint density at radius 3 is 2.57 bits per heavy atom. The minimum absolute atomic E-state index is 0.110. The molecule has 0 aliphatic rings. The lowest BCUT2D eigenvalue weighted by atomic mass is 10.0. The molecular formula is C23H19BrN4O2. The number of amides is 1. The first kappa shape index (κ1) is 20.0. The predicted octanol–water partition coefficient (Wildman–Crippen LogP) is 3.80. The van der Waals surface area contributed by atoms with E-state index in [2.05, 4.69) is 25.9 Å². The summed E-state index contributed by atoms with van der Waals surface area (Å²) in [5, 5.41) is 0.465. The molecule has 0 fully saturated rings. The maximum absolute atomic E-state index is 13.2. The number of likely N-dealkylation sites (N-methyl/N-ethyl adjacent to an activating group) is 1. The van der Waals surface area contributed by atoms with Gasteiger partial charge in [0, 0.05) is 17.7 Å². The van der Waals surface area contributed by atoms with E-state index in [0.29, 0.717) is 10.9 Å². The topological polar surface area (TPSA) is 68.1 Å². The largest absolute Gasteiger partial charge is 0.331 e. The van der Waals surface area contributed by atoms with Crippen LogP contribution < -0.4 is 5.56 Å². The molecule has 0 aliphatic carbocycles. The summed E-state index contributed by atoms with van der Waals surface area (Å²) in [5.41, 5.74) is 2.04. The van der Waals surface area contributed by atoms with Crippen molar-refractivity contribution in [2.45, 2.75) is 12.6 Å². The molecule has 0 radical (unpaired) electrons. The molecule has 4 aromatic rings. The van der Waals surface area contributed by atoms with Gasteiger partial charge in [0.15, 0.2) is 0 Å². The number of aromatic nitrogens is 3. The monoisotopic (exact) mass is 462 g/mol. The van der Waals surface area contributed by atoms with Crippen molar-refractivity contribution < 1.29 is 4.79 Å². The van der Waals surface area contributed by atoms with Crippen LogP contribution in [0.5, 0.6) is 0 Å². The molecule has 4 rings (SSSR count). The minimum Gasteiger partial charge on any atom is -0.331 e. The Bertz CT molecular complexity index is 1200. The van der Waals surface area contributed by atoms with Gasteiger partial charge < -0.3 is 4.90 Å². The number of fused-ring (bicyclic) bond motifs is 1. The number of carbonyl (C=O) groups excluding carboxylic acids is 1. The van der Waals surface area contributed by atoms with E-state index < -0.39 is 0 Å². The number of nitrogens with zero attached hydrogens (tertiary/aromatic N) is 4. The molecule has 0 bridgehead atoms. The van der Waals surface area contributed by atoms with E-state index in [1.54, 1.807) is 30.3 Å². The Morgan fingerprint density at radius 2 is 1.83 bits per heavy atom. The summed E-state index contributed by atoms with van der Waals surface area (Å²) < 4.78 is 2.13. The highest BCUT2D eigenvalue weighted by Crippen LogP contribution is 2.26. The van der Waals surface area contributed by atoms with Crippen molar-refractivity contribution in [1.29, 1.82) is 0 Å². The summed E-state index contributed by atoms with van der Waals surface area (Å²) in [6.07, 6.45) is 3.13. The lowest BCUT2D eigenvalue weighted by Gasteiger charge is -2.28. The van der Waals surface area contributed by atoms with Crippen LogP contribution >= 0.6 is 15.9 Å². The molecule has 2 aromatic heterocycles. The van der Waals surface area contributed by atoms with Crippen LogP contribution in [0.3, 0.4) is 0 Å². The van der Waals surface area contributed by atoms with E-state index in [4.69, 9.17) is 0 Å². The van der Waals surface area contributed by atoms with Crippen LogP contribution in [0.4, 0.5) is 0 Å². The molecule has 7 heteroatoms.